The van der Waals surface area contributed by atoms with Crippen LogP contribution in [-0.4, -0.2) is 42.8 Å². The second kappa shape index (κ2) is 6.36. The first-order chi connectivity index (χ1) is 8.61. The minimum atomic E-state index is 0.0795. The highest BCUT2D eigenvalue weighted by Crippen LogP contribution is 2.31. The van der Waals surface area contributed by atoms with Gasteiger partial charge in [0.1, 0.15) is 0 Å². The van der Waals surface area contributed by atoms with Crippen LogP contribution in [0.2, 0.25) is 0 Å². The molecular weight excluding hydrogens is 224 g/mol. The van der Waals surface area contributed by atoms with Crippen molar-refractivity contribution < 1.29 is 4.74 Å². The highest BCUT2D eigenvalue weighted by Gasteiger charge is 2.33. The third kappa shape index (κ3) is 3.94. The molecule has 1 aliphatic heterocycles. The molecular formula is C15H30N2O. The Morgan fingerprint density at radius 2 is 2.00 bits per heavy atom. The van der Waals surface area contributed by atoms with Crippen molar-refractivity contribution in [3.63, 3.8) is 0 Å². The fourth-order valence-electron chi connectivity index (χ4n) is 3.76. The van der Waals surface area contributed by atoms with Gasteiger partial charge in [-0.05, 0) is 38.5 Å². The molecule has 1 saturated carbocycles. The molecule has 106 valence electrons. The van der Waals surface area contributed by atoms with Gasteiger partial charge < -0.3 is 15.4 Å². The average molecular weight is 254 g/mol. The number of piperidine rings is 1. The summed E-state index contributed by atoms with van der Waals surface area (Å²) in [5.74, 6) is 0.810. The highest BCUT2D eigenvalue weighted by molar-refractivity contribution is 4.93. The van der Waals surface area contributed by atoms with E-state index in [0.717, 1.165) is 32.2 Å². The first-order valence-corrected chi connectivity index (χ1v) is 7.74. The van der Waals surface area contributed by atoms with E-state index in [4.69, 9.17) is 10.5 Å². The molecule has 0 aromatic heterocycles. The molecule has 0 spiro atoms. The lowest BCUT2D eigenvalue weighted by molar-refractivity contribution is 0.00668. The quantitative estimate of drug-likeness (QED) is 0.837. The predicted molar refractivity (Wildman–Crippen MR) is 75.6 cm³/mol. The van der Waals surface area contributed by atoms with Gasteiger partial charge in [0.05, 0.1) is 6.10 Å². The van der Waals surface area contributed by atoms with Gasteiger partial charge in [-0.25, -0.2) is 0 Å². The smallest absolute Gasteiger partial charge is 0.0599 e. The molecule has 1 saturated heterocycles. The Balaban J connectivity index is 1.76. The summed E-state index contributed by atoms with van der Waals surface area (Å²) >= 11 is 0. The molecule has 0 bridgehead atoms. The first-order valence-electron chi connectivity index (χ1n) is 7.74. The molecule has 2 rings (SSSR count). The van der Waals surface area contributed by atoms with Gasteiger partial charge in [-0.3, -0.25) is 0 Å². The van der Waals surface area contributed by atoms with E-state index < -0.39 is 0 Å². The van der Waals surface area contributed by atoms with Crippen molar-refractivity contribution in [2.45, 2.75) is 64.0 Å². The minimum Gasteiger partial charge on any atom is -0.378 e. The fourth-order valence-corrected chi connectivity index (χ4v) is 3.76. The van der Waals surface area contributed by atoms with Gasteiger partial charge in [0.25, 0.3) is 0 Å². The number of hydrogen-bond acceptors (Lipinski definition) is 3. The lowest BCUT2D eigenvalue weighted by atomic mass is 9.76. The highest BCUT2D eigenvalue weighted by atomic mass is 16.5. The van der Waals surface area contributed by atoms with Crippen molar-refractivity contribution in [1.82, 2.24) is 4.90 Å². The summed E-state index contributed by atoms with van der Waals surface area (Å²) in [5.41, 5.74) is 6.68. The first kappa shape index (κ1) is 14.3. The van der Waals surface area contributed by atoms with Crippen molar-refractivity contribution >= 4 is 0 Å². The number of ether oxygens (including phenoxy) is 1. The van der Waals surface area contributed by atoms with E-state index in [-0.39, 0.29) is 5.54 Å². The zero-order chi connectivity index (χ0) is 13.0. The molecule has 2 N–H and O–H groups in total. The van der Waals surface area contributed by atoms with Gasteiger partial charge in [-0.1, -0.05) is 19.8 Å². The van der Waals surface area contributed by atoms with Gasteiger partial charge in [0.2, 0.25) is 0 Å². The maximum atomic E-state index is 6.60. The van der Waals surface area contributed by atoms with Gasteiger partial charge >= 0.3 is 0 Å². The summed E-state index contributed by atoms with van der Waals surface area (Å²) in [6.45, 7) is 8.71. The molecule has 1 heterocycles. The second-order valence-electron chi connectivity index (χ2n) is 6.49. The van der Waals surface area contributed by atoms with E-state index in [1.165, 1.54) is 38.5 Å². The Labute approximate surface area is 112 Å². The SMILES string of the molecule is CCOC1CCN(CC2(N)CCCC(C)C2)CC1. The molecule has 2 unspecified atom stereocenters. The Hall–Kier alpha value is -0.120. The van der Waals surface area contributed by atoms with Crippen LogP contribution < -0.4 is 5.73 Å². The Morgan fingerprint density at radius 1 is 1.28 bits per heavy atom. The van der Waals surface area contributed by atoms with Gasteiger partial charge in [0.15, 0.2) is 0 Å². The molecule has 0 radical (unpaired) electrons. The Morgan fingerprint density at radius 3 is 2.61 bits per heavy atom. The number of hydrogen-bond donors (Lipinski definition) is 1. The van der Waals surface area contributed by atoms with E-state index in [1.807, 2.05) is 0 Å². The maximum Gasteiger partial charge on any atom is 0.0599 e. The van der Waals surface area contributed by atoms with Crippen LogP contribution in [0, 0.1) is 5.92 Å². The van der Waals surface area contributed by atoms with Crippen LogP contribution >= 0.6 is 0 Å². The van der Waals surface area contributed by atoms with Gasteiger partial charge in [0, 0.05) is 31.8 Å². The van der Waals surface area contributed by atoms with Crippen LogP contribution in [0.5, 0.6) is 0 Å². The normalized spacial score (nSPS) is 35.8. The van der Waals surface area contributed by atoms with Crippen LogP contribution in [0.1, 0.15) is 52.4 Å². The summed E-state index contributed by atoms with van der Waals surface area (Å²) in [4.78, 5) is 2.56. The molecule has 0 amide bonds. The zero-order valence-corrected chi connectivity index (χ0v) is 12.2. The Bertz CT molecular complexity index is 251. The maximum absolute atomic E-state index is 6.60. The molecule has 1 aliphatic carbocycles. The number of rotatable bonds is 4. The fraction of sp³-hybridized carbons (Fsp3) is 1.00. The van der Waals surface area contributed by atoms with Crippen LogP contribution in [0.15, 0.2) is 0 Å². The Kier molecular flexibility index (Phi) is 5.05. The summed E-state index contributed by atoms with van der Waals surface area (Å²) in [6.07, 6.45) is 7.95. The molecule has 3 nitrogen and oxygen atoms in total. The minimum absolute atomic E-state index is 0.0795. The van der Waals surface area contributed by atoms with E-state index in [2.05, 4.69) is 18.7 Å². The number of likely N-dealkylation sites (tertiary alicyclic amines) is 1. The molecule has 0 aromatic rings. The van der Waals surface area contributed by atoms with Crippen LogP contribution in [-0.2, 0) is 4.74 Å². The summed E-state index contributed by atoms with van der Waals surface area (Å²) < 4.78 is 5.71. The molecule has 2 fully saturated rings. The predicted octanol–water partition coefficient (Wildman–Crippen LogP) is 2.39. The van der Waals surface area contributed by atoms with E-state index in [1.54, 1.807) is 0 Å². The second-order valence-corrected chi connectivity index (χ2v) is 6.49. The molecule has 3 heteroatoms. The topological polar surface area (TPSA) is 38.5 Å². The van der Waals surface area contributed by atoms with E-state index in [0.29, 0.717) is 6.10 Å². The van der Waals surface area contributed by atoms with Crippen molar-refractivity contribution in [2.75, 3.05) is 26.2 Å². The number of nitrogens with zero attached hydrogens (tertiary/aromatic N) is 1. The zero-order valence-electron chi connectivity index (χ0n) is 12.2. The van der Waals surface area contributed by atoms with Crippen molar-refractivity contribution in [2.24, 2.45) is 11.7 Å². The monoisotopic (exact) mass is 254 g/mol. The average Bonchev–Trinajstić information content (AvgIpc) is 2.31. The van der Waals surface area contributed by atoms with Crippen molar-refractivity contribution in [3.8, 4) is 0 Å². The third-order valence-electron chi connectivity index (χ3n) is 4.60. The third-order valence-corrected chi connectivity index (χ3v) is 4.60. The molecule has 0 aromatic carbocycles. The standard InChI is InChI=1S/C15H30N2O/c1-3-18-14-6-9-17(10-7-14)12-15(16)8-4-5-13(2)11-15/h13-14H,3-12,16H2,1-2H3. The van der Waals surface area contributed by atoms with E-state index >= 15 is 0 Å². The summed E-state index contributed by atoms with van der Waals surface area (Å²) in [7, 11) is 0. The summed E-state index contributed by atoms with van der Waals surface area (Å²) in [6, 6.07) is 0. The largest absolute Gasteiger partial charge is 0.378 e. The van der Waals surface area contributed by atoms with Crippen LogP contribution in [0.4, 0.5) is 0 Å². The van der Waals surface area contributed by atoms with Gasteiger partial charge in [-0.2, -0.15) is 0 Å². The lowest BCUT2D eigenvalue weighted by Gasteiger charge is -2.42. The molecule has 2 atom stereocenters. The lowest BCUT2D eigenvalue weighted by Crippen LogP contribution is -2.54. The number of nitrogens with two attached hydrogens (primary N) is 1. The molecule has 2 aliphatic rings. The van der Waals surface area contributed by atoms with Crippen molar-refractivity contribution in [1.29, 1.82) is 0 Å². The summed E-state index contributed by atoms with van der Waals surface area (Å²) in [5, 5.41) is 0. The molecule has 18 heavy (non-hydrogen) atoms. The van der Waals surface area contributed by atoms with Gasteiger partial charge in [-0.15, -0.1) is 0 Å². The van der Waals surface area contributed by atoms with Crippen LogP contribution in [0.3, 0.4) is 0 Å². The van der Waals surface area contributed by atoms with E-state index in [9.17, 15) is 0 Å². The van der Waals surface area contributed by atoms with Crippen LogP contribution in [0.25, 0.3) is 0 Å². The van der Waals surface area contributed by atoms with Crippen molar-refractivity contribution in [3.05, 3.63) is 0 Å².